The lowest BCUT2D eigenvalue weighted by Crippen LogP contribution is -2.54. The summed E-state index contributed by atoms with van der Waals surface area (Å²) in [5, 5.41) is 0. The number of likely N-dealkylation sites (tertiary alicyclic amines) is 1. The molecule has 21 heavy (non-hydrogen) atoms. The van der Waals surface area contributed by atoms with Crippen molar-refractivity contribution in [3.05, 3.63) is 29.8 Å². The number of sulfone groups is 1. The predicted octanol–water partition coefficient (Wildman–Crippen LogP) is 1.75. The highest BCUT2D eigenvalue weighted by atomic mass is 32.2. The van der Waals surface area contributed by atoms with Crippen molar-refractivity contribution in [1.82, 2.24) is 4.90 Å². The van der Waals surface area contributed by atoms with Gasteiger partial charge in [-0.2, -0.15) is 0 Å². The molecule has 1 fully saturated rings. The van der Waals surface area contributed by atoms with Crippen LogP contribution >= 0.6 is 0 Å². The first kappa shape index (κ1) is 15.0. The molecule has 3 rings (SSSR count). The number of hydrogen-bond donors (Lipinski definition) is 1. The van der Waals surface area contributed by atoms with Crippen LogP contribution in [0.1, 0.15) is 32.3 Å². The molecular weight excluding hydrogens is 284 g/mol. The van der Waals surface area contributed by atoms with Gasteiger partial charge < -0.3 is 5.73 Å². The van der Waals surface area contributed by atoms with E-state index in [1.165, 1.54) is 0 Å². The minimum Gasteiger partial charge on any atom is -0.328 e. The minimum atomic E-state index is -3.16. The summed E-state index contributed by atoms with van der Waals surface area (Å²) in [5.74, 6) is 0.193. The van der Waals surface area contributed by atoms with Crippen LogP contribution in [-0.2, 0) is 15.4 Å². The van der Waals surface area contributed by atoms with Gasteiger partial charge in [0, 0.05) is 13.1 Å². The molecule has 116 valence electrons. The zero-order valence-electron chi connectivity index (χ0n) is 12.8. The smallest absolute Gasteiger partial charge is 0.178 e. The van der Waals surface area contributed by atoms with Crippen LogP contribution < -0.4 is 5.73 Å². The molecule has 1 unspecified atom stereocenters. The third-order valence-corrected chi connectivity index (χ3v) is 6.90. The second kappa shape index (κ2) is 4.80. The SMILES string of the molecule is CC1(C)CCN(C2(CN)CCS(=O)(=O)c3ccccc32)C1. The molecule has 1 aromatic rings. The topological polar surface area (TPSA) is 63.4 Å². The predicted molar refractivity (Wildman–Crippen MR) is 83.8 cm³/mol. The van der Waals surface area contributed by atoms with Gasteiger partial charge in [-0.1, -0.05) is 32.0 Å². The van der Waals surface area contributed by atoms with Crippen molar-refractivity contribution in [2.45, 2.75) is 37.1 Å². The summed E-state index contributed by atoms with van der Waals surface area (Å²) < 4.78 is 24.7. The van der Waals surface area contributed by atoms with E-state index in [4.69, 9.17) is 5.73 Å². The van der Waals surface area contributed by atoms with E-state index in [0.29, 0.717) is 17.9 Å². The summed E-state index contributed by atoms with van der Waals surface area (Å²) in [6.07, 6.45) is 1.72. The molecule has 0 amide bonds. The molecule has 2 heterocycles. The quantitative estimate of drug-likeness (QED) is 0.904. The molecule has 5 heteroatoms. The molecule has 0 bridgehead atoms. The van der Waals surface area contributed by atoms with Crippen LogP contribution in [0.5, 0.6) is 0 Å². The van der Waals surface area contributed by atoms with Crippen molar-refractivity contribution in [3.8, 4) is 0 Å². The number of fused-ring (bicyclic) bond motifs is 1. The number of benzene rings is 1. The molecule has 2 N–H and O–H groups in total. The van der Waals surface area contributed by atoms with Crippen molar-refractivity contribution < 1.29 is 8.42 Å². The summed E-state index contributed by atoms with van der Waals surface area (Å²) in [6, 6.07) is 7.40. The van der Waals surface area contributed by atoms with Gasteiger partial charge in [0.05, 0.1) is 16.2 Å². The molecule has 1 saturated heterocycles. The van der Waals surface area contributed by atoms with E-state index in [2.05, 4.69) is 18.7 Å². The van der Waals surface area contributed by atoms with E-state index >= 15 is 0 Å². The Labute approximate surface area is 127 Å². The Morgan fingerprint density at radius 3 is 2.57 bits per heavy atom. The van der Waals surface area contributed by atoms with Gasteiger partial charge in [0.25, 0.3) is 0 Å². The van der Waals surface area contributed by atoms with E-state index in [1.54, 1.807) is 12.1 Å². The molecule has 2 aliphatic heterocycles. The lowest BCUT2D eigenvalue weighted by atomic mass is 9.84. The van der Waals surface area contributed by atoms with Crippen molar-refractivity contribution >= 4 is 9.84 Å². The maximum absolute atomic E-state index is 12.4. The zero-order valence-corrected chi connectivity index (χ0v) is 13.6. The van der Waals surface area contributed by atoms with Crippen molar-refractivity contribution in [2.75, 3.05) is 25.4 Å². The Bertz CT molecular complexity index is 654. The zero-order chi connectivity index (χ0) is 15.3. The van der Waals surface area contributed by atoms with Crippen molar-refractivity contribution in [2.24, 2.45) is 11.1 Å². The fourth-order valence-corrected chi connectivity index (χ4v) is 5.52. The van der Waals surface area contributed by atoms with Gasteiger partial charge in [0.15, 0.2) is 9.84 Å². The van der Waals surface area contributed by atoms with Crippen LogP contribution in [0, 0.1) is 5.41 Å². The van der Waals surface area contributed by atoms with Gasteiger partial charge >= 0.3 is 0 Å². The van der Waals surface area contributed by atoms with Gasteiger partial charge in [-0.15, -0.1) is 0 Å². The van der Waals surface area contributed by atoms with E-state index in [9.17, 15) is 8.42 Å². The second-order valence-electron chi connectivity index (χ2n) is 7.14. The average molecular weight is 308 g/mol. The molecule has 2 aliphatic rings. The first-order valence-electron chi connectivity index (χ1n) is 7.58. The number of rotatable bonds is 2. The van der Waals surface area contributed by atoms with Crippen molar-refractivity contribution in [1.29, 1.82) is 0 Å². The van der Waals surface area contributed by atoms with Gasteiger partial charge in [-0.05, 0) is 36.4 Å². The van der Waals surface area contributed by atoms with E-state index in [-0.39, 0.29) is 16.7 Å². The Morgan fingerprint density at radius 1 is 1.24 bits per heavy atom. The van der Waals surface area contributed by atoms with Crippen LogP contribution in [0.25, 0.3) is 0 Å². The first-order valence-corrected chi connectivity index (χ1v) is 9.23. The highest BCUT2D eigenvalue weighted by molar-refractivity contribution is 7.91. The molecule has 4 nitrogen and oxygen atoms in total. The highest BCUT2D eigenvalue weighted by Gasteiger charge is 2.48. The van der Waals surface area contributed by atoms with Crippen LogP contribution in [0.3, 0.4) is 0 Å². The Kier molecular flexibility index (Phi) is 3.43. The van der Waals surface area contributed by atoms with Gasteiger partial charge in [-0.25, -0.2) is 8.42 Å². The first-order chi connectivity index (χ1) is 9.81. The fraction of sp³-hybridized carbons (Fsp3) is 0.625. The summed E-state index contributed by atoms with van der Waals surface area (Å²) in [5.41, 5.74) is 7.02. The van der Waals surface area contributed by atoms with E-state index in [0.717, 1.165) is 25.1 Å². The summed E-state index contributed by atoms with van der Waals surface area (Å²) in [6.45, 7) is 6.96. The lowest BCUT2D eigenvalue weighted by Gasteiger charge is -2.45. The van der Waals surface area contributed by atoms with Crippen LogP contribution in [0.2, 0.25) is 0 Å². The molecule has 0 aliphatic carbocycles. The minimum absolute atomic E-state index is 0.193. The number of hydrogen-bond acceptors (Lipinski definition) is 4. The number of nitrogens with zero attached hydrogens (tertiary/aromatic N) is 1. The normalized spacial score (nSPS) is 31.0. The molecule has 1 atom stereocenters. The van der Waals surface area contributed by atoms with Gasteiger partial charge in [0.2, 0.25) is 0 Å². The Morgan fingerprint density at radius 2 is 1.95 bits per heavy atom. The van der Waals surface area contributed by atoms with E-state index in [1.807, 2.05) is 12.1 Å². The fourth-order valence-electron chi connectivity index (χ4n) is 3.82. The molecule has 0 aromatic heterocycles. The number of nitrogens with two attached hydrogens (primary N) is 1. The highest BCUT2D eigenvalue weighted by Crippen LogP contribution is 2.45. The summed E-state index contributed by atoms with van der Waals surface area (Å²) in [7, 11) is -3.16. The summed E-state index contributed by atoms with van der Waals surface area (Å²) >= 11 is 0. The largest absolute Gasteiger partial charge is 0.328 e. The summed E-state index contributed by atoms with van der Waals surface area (Å²) in [4.78, 5) is 2.90. The standard InChI is InChI=1S/C16H24N2O2S/c1-15(2)7-9-18(12-15)16(11-17)8-10-21(19,20)14-6-4-3-5-13(14)16/h3-6H,7-12,17H2,1-2H3. The van der Waals surface area contributed by atoms with Crippen molar-refractivity contribution in [3.63, 3.8) is 0 Å². The molecule has 1 aromatic carbocycles. The third kappa shape index (κ3) is 2.31. The Balaban J connectivity index is 2.12. The van der Waals surface area contributed by atoms with Gasteiger partial charge in [-0.3, -0.25) is 4.90 Å². The monoisotopic (exact) mass is 308 g/mol. The second-order valence-corrected chi connectivity index (χ2v) is 9.21. The van der Waals surface area contributed by atoms with Crippen LogP contribution in [0.4, 0.5) is 0 Å². The molecule has 0 saturated carbocycles. The Hall–Kier alpha value is -0.910. The average Bonchev–Trinajstić information content (AvgIpc) is 2.81. The third-order valence-electron chi connectivity index (χ3n) is 5.13. The lowest BCUT2D eigenvalue weighted by molar-refractivity contribution is 0.100. The maximum atomic E-state index is 12.4. The van der Waals surface area contributed by atoms with Crippen LogP contribution in [0.15, 0.2) is 29.2 Å². The maximum Gasteiger partial charge on any atom is 0.178 e. The van der Waals surface area contributed by atoms with Gasteiger partial charge in [0.1, 0.15) is 0 Å². The molecular formula is C16H24N2O2S. The molecule has 0 spiro atoms. The van der Waals surface area contributed by atoms with Crippen LogP contribution in [-0.4, -0.2) is 38.7 Å². The molecule has 0 radical (unpaired) electrons. The van der Waals surface area contributed by atoms with E-state index < -0.39 is 9.84 Å².